The van der Waals surface area contributed by atoms with Crippen LogP contribution in [0.25, 0.3) is 0 Å². The molecule has 0 heterocycles. The van der Waals surface area contributed by atoms with Crippen molar-refractivity contribution in [2.75, 3.05) is 14.2 Å². The number of hydrogen-bond acceptors (Lipinski definition) is 6. The van der Waals surface area contributed by atoms with E-state index in [2.05, 4.69) is 26.5 Å². The molecule has 0 atom stereocenters. The van der Waals surface area contributed by atoms with Gasteiger partial charge in [-0.2, -0.15) is 5.10 Å². The average molecular weight is 483 g/mol. The van der Waals surface area contributed by atoms with Gasteiger partial charge >= 0.3 is 5.97 Å². The standard InChI is InChI=1S/C23H19BrN2O5/c1-29-20-11-10-16(13-21(20)30-2)22(27)26-25-14-15-6-5-7-17(12-15)31-23(28)18-8-3-4-9-19(18)24/h3-14H,1-2H3,(H,26,27). The maximum Gasteiger partial charge on any atom is 0.344 e. The number of ether oxygens (including phenoxy) is 3. The van der Waals surface area contributed by atoms with Gasteiger partial charge < -0.3 is 14.2 Å². The van der Waals surface area contributed by atoms with Crippen LogP contribution in [-0.4, -0.2) is 32.3 Å². The fourth-order valence-corrected chi connectivity index (χ4v) is 3.10. The molecule has 158 valence electrons. The maximum absolute atomic E-state index is 12.3. The predicted octanol–water partition coefficient (Wildman–Crippen LogP) is 4.45. The molecule has 0 saturated carbocycles. The van der Waals surface area contributed by atoms with Gasteiger partial charge in [0.05, 0.1) is 26.0 Å². The topological polar surface area (TPSA) is 86.2 Å². The number of amides is 1. The lowest BCUT2D eigenvalue weighted by atomic mass is 10.2. The van der Waals surface area contributed by atoms with E-state index in [1.54, 1.807) is 60.7 Å². The molecule has 0 saturated heterocycles. The molecule has 8 heteroatoms. The highest BCUT2D eigenvalue weighted by atomic mass is 79.9. The molecule has 0 radical (unpaired) electrons. The van der Waals surface area contributed by atoms with E-state index in [0.29, 0.717) is 38.4 Å². The first kappa shape index (κ1) is 22.0. The molecule has 0 bridgehead atoms. The van der Waals surface area contributed by atoms with Crippen LogP contribution in [0.4, 0.5) is 0 Å². The number of nitrogens with one attached hydrogen (secondary N) is 1. The van der Waals surface area contributed by atoms with Crippen molar-refractivity contribution >= 4 is 34.0 Å². The first-order chi connectivity index (χ1) is 15.0. The molecule has 7 nitrogen and oxygen atoms in total. The molecule has 31 heavy (non-hydrogen) atoms. The van der Waals surface area contributed by atoms with E-state index in [-0.39, 0.29) is 0 Å². The number of halogens is 1. The van der Waals surface area contributed by atoms with Gasteiger partial charge in [0.25, 0.3) is 5.91 Å². The Hall–Kier alpha value is -3.65. The first-order valence-corrected chi connectivity index (χ1v) is 9.93. The Labute approximate surface area is 187 Å². The summed E-state index contributed by atoms with van der Waals surface area (Å²) in [4.78, 5) is 24.7. The zero-order chi connectivity index (χ0) is 22.2. The van der Waals surface area contributed by atoms with Gasteiger partial charge in [0, 0.05) is 10.0 Å². The largest absolute Gasteiger partial charge is 0.493 e. The number of hydrogen-bond donors (Lipinski definition) is 1. The molecule has 3 aromatic carbocycles. The summed E-state index contributed by atoms with van der Waals surface area (Å²) < 4.78 is 16.4. The third-order valence-electron chi connectivity index (χ3n) is 4.19. The summed E-state index contributed by atoms with van der Waals surface area (Å²) in [6, 6.07) is 18.6. The van der Waals surface area contributed by atoms with Crippen molar-refractivity contribution in [2.24, 2.45) is 5.10 Å². The normalized spacial score (nSPS) is 10.5. The lowest BCUT2D eigenvalue weighted by Crippen LogP contribution is -2.17. The third-order valence-corrected chi connectivity index (χ3v) is 4.88. The molecule has 1 amide bonds. The number of methoxy groups -OCH3 is 2. The van der Waals surface area contributed by atoms with Crippen LogP contribution in [0.2, 0.25) is 0 Å². The van der Waals surface area contributed by atoms with Gasteiger partial charge in [0.2, 0.25) is 0 Å². The molecular weight excluding hydrogens is 464 g/mol. The van der Waals surface area contributed by atoms with E-state index in [9.17, 15) is 9.59 Å². The van der Waals surface area contributed by atoms with E-state index < -0.39 is 11.9 Å². The summed E-state index contributed by atoms with van der Waals surface area (Å²) in [6.07, 6.45) is 1.45. The van der Waals surface area contributed by atoms with Crippen LogP contribution in [0.15, 0.2) is 76.3 Å². The Morgan fingerprint density at radius 2 is 1.71 bits per heavy atom. The first-order valence-electron chi connectivity index (χ1n) is 9.14. The van der Waals surface area contributed by atoms with Gasteiger partial charge in [-0.1, -0.05) is 24.3 Å². The summed E-state index contributed by atoms with van der Waals surface area (Å²) in [7, 11) is 3.01. The molecule has 0 aromatic heterocycles. The van der Waals surface area contributed by atoms with Gasteiger partial charge in [-0.05, 0) is 64.0 Å². The van der Waals surface area contributed by atoms with E-state index in [0.717, 1.165) is 0 Å². The second-order valence-electron chi connectivity index (χ2n) is 6.21. The van der Waals surface area contributed by atoms with E-state index >= 15 is 0 Å². The molecule has 0 aliphatic rings. The molecule has 0 fully saturated rings. The number of esters is 1. The average Bonchev–Trinajstić information content (AvgIpc) is 2.79. The van der Waals surface area contributed by atoms with Crippen LogP contribution in [0.3, 0.4) is 0 Å². The number of carbonyl (C=O) groups is 2. The number of rotatable bonds is 7. The number of benzene rings is 3. The summed E-state index contributed by atoms with van der Waals surface area (Å²) in [5.41, 5.74) is 3.88. The van der Waals surface area contributed by atoms with Gasteiger partial charge in [0.1, 0.15) is 5.75 Å². The summed E-state index contributed by atoms with van der Waals surface area (Å²) >= 11 is 3.33. The highest BCUT2D eigenvalue weighted by Gasteiger charge is 2.12. The highest BCUT2D eigenvalue weighted by molar-refractivity contribution is 9.10. The number of hydrazone groups is 1. The molecule has 0 spiro atoms. The van der Waals surface area contributed by atoms with Gasteiger partial charge in [-0.15, -0.1) is 0 Å². The van der Waals surface area contributed by atoms with Gasteiger partial charge in [-0.3, -0.25) is 4.79 Å². The van der Waals surface area contributed by atoms with E-state index in [1.807, 2.05) is 6.07 Å². The van der Waals surface area contributed by atoms with Crippen LogP contribution >= 0.6 is 15.9 Å². The van der Waals surface area contributed by atoms with Crippen molar-refractivity contribution in [3.63, 3.8) is 0 Å². The Kier molecular flexibility index (Phi) is 7.40. The Balaban J connectivity index is 1.65. The molecular formula is C23H19BrN2O5. The fourth-order valence-electron chi connectivity index (χ4n) is 2.65. The molecule has 1 N–H and O–H groups in total. The Morgan fingerprint density at radius 3 is 2.45 bits per heavy atom. The monoisotopic (exact) mass is 482 g/mol. The quantitative estimate of drug-likeness (QED) is 0.232. The zero-order valence-electron chi connectivity index (χ0n) is 16.8. The second kappa shape index (κ2) is 10.4. The van der Waals surface area contributed by atoms with Crippen molar-refractivity contribution in [3.05, 3.63) is 87.9 Å². The van der Waals surface area contributed by atoms with Crippen molar-refractivity contribution in [3.8, 4) is 17.2 Å². The molecule has 0 aliphatic carbocycles. The molecule has 0 aliphatic heterocycles. The second-order valence-corrected chi connectivity index (χ2v) is 7.07. The molecule has 3 aromatic rings. The van der Waals surface area contributed by atoms with Gasteiger partial charge in [0.15, 0.2) is 11.5 Å². The van der Waals surface area contributed by atoms with Crippen LogP contribution in [0.5, 0.6) is 17.2 Å². The van der Waals surface area contributed by atoms with Crippen molar-refractivity contribution in [1.82, 2.24) is 5.43 Å². The minimum Gasteiger partial charge on any atom is -0.493 e. The van der Waals surface area contributed by atoms with E-state index in [4.69, 9.17) is 14.2 Å². The van der Waals surface area contributed by atoms with Crippen molar-refractivity contribution in [2.45, 2.75) is 0 Å². The minimum atomic E-state index is -0.483. The minimum absolute atomic E-state index is 0.357. The van der Waals surface area contributed by atoms with E-state index in [1.165, 1.54) is 20.4 Å². The lowest BCUT2D eigenvalue weighted by molar-refractivity contribution is 0.0733. The number of carbonyl (C=O) groups excluding carboxylic acids is 2. The van der Waals surface area contributed by atoms with Gasteiger partial charge in [-0.25, -0.2) is 10.2 Å². The summed E-state index contributed by atoms with van der Waals surface area (Å²) in [6.45, 7) is 0. The predicted molar refractivity (Wildman–Crippen MR) is 120 cm³/mol. The van der Waals surface area contributed by atoms with Crippen LogP contribution in [-0.2, 0) is 0 Å². The zero-order valence-corrected chi connectivity index (χ0v) is 18.4. The third kappa shape index (κ3) is 5.70. The van der Waals surface area contributed by atoms with Crippen LogP contribution in [0, 0.1) is 0 Å². The lowest BCUT2D eigenvalue weighted by Gasteiger charge is -2.08. The SMILES string of the molecule is COc1ccc(C(=O)NN=Cc2cccc(OC(=O)c3ccccc3Br)c2)cc1OC. The summed E-state index contributed by atoms with van der Waals surface area (Å²) in [5.74, 6) is 0.433. The Bertz CT molecular complexity index is 1130. The van der Waals surface area contributed by atoms with Crippen LogP contribution < -0.4 is 19.6 Å². The van der Waals surface area contributed by atoms with Crippen molar-refractivity contribution < 1.29 is 23.8 Å². The van der Waals surface area contributed by atoms with Crippen LogP contribution in [0.1, 0.15) is 26.3 Å². The molecule has 3 rings (SSSR count). The highest BCUT2D eigenvalue weighted by Crippen LogP contribution is 2.27. The maximum atomic E-state index is 12.3. The smallest absolute Gasteiger partial charge is 0.344 e. The Morgan fingerprint density at radius 1 is 0.935 bits per heavy atom. The fraction of sp³-hybridized carbons (Fsp3) is 0.0870. The molecule has 0 unspecified atom stereocenters. The number of nitrogens with zero attached hydrogens (tertiary/aromatic N) is 1. The van der Waals surface area contributed by atoms with Crippen molar-refractivity contribution in [1.29, 1.82) is 0 Å². The summed E-state index contributed by atoms with van der Waals surface area (Å²) in [5, 5.41) is 3.96.